The Morgan fingerprint density at radius 3 is 2.75 bits per heavy atom. The van der Waals surface area contributed by atoms with Crippen molar-refractivity contribution in [2.45, 2.75) is 50.7 Å². The van der Waals surface area contributed by atoms with Gasteiger partial charge in [0.1, 0.15) is 6.10 Å². The van der Waals surface area contributed by atoms with Crippen LogP contribution in [0.3, 0.4) is 0 Å². The predicted octanol–water partition coefficient (Wildman–Crippen LogP) is 0.799. The van der Waals surface area contributed by atoms with Crippen molar-refractivity contribution in [3.8, 4) is 0 Å². The number of nitrogens with two attached hydrogens (primary N) is 1. The third kappa shape index (κ3) is 2.74. The third-order valence-corrected chi connectivity index (χ3v) is 3.76. The van der Waals surface area contributed by atoms with Gasteiger partial charge in [0.05, 0.1) is 0 Å². The Morgan fingerprint density at radius 1 is 1.25 bits per heavy atom. The number of nitrogens with one attached hydrogen (secondary N) is 1. The summed E-state index contributed by atoms with van der Waals surface area (Å²) >= 11 is 0. The molecular formula is C12H22N2O2. The molecule has 16 heavy (non-hydrogen) atoms. The maximum atomic E-state index is 11.9. The van der Waals surface area contributed by atoms with Crippen molar-refractivity contribution in [1.82, 2.24) is 5.32 Å². The summed E-state index contributed by atoms with van der Waals surface area (Å²) in [6, 6.07) is 0.274. The van der Waals surface area contributed by atoms with Crippen molar-refractivity contribution in [1.29, 1.82) is 0 Å². The molecule has 3 N–H and O–H groups in total. The van der Waals surface area contributed by atoms with Crippen LogP contribution in [-0.4, -0.2) is 31.2 Å². The van der Waals surface area contributed by atoms with E-state index in [4.69, 9.17) is 10.5 Å². The zero-order valence-corrected chi connectivity index (χ0v) is 9.78. The number of rotatable bonds is 3. The average Bonchev–Trinajstić information content (AvgIpc) is 2.83. The van der Waals surface area contributed by atoms with Gasteiger partial charge in [-0.2, -0.15) is 0 Å². The zero-order valence-electron chi connectivity index (χ0n) is 9.78. The number of carbonyl (C=O) groups is 1. The molecule has 2 rings (SSSR count). The summed E-state index contributed by atoms with van der Waals surface area (Å²) in [7, 11) is 0. The summed E-state index contributed by atoms with van der Waals surface area (Å²) in [6.45, 7) is 1.40. The van der Waals surface area contributed by atoms with Crippen LogP contribution in [-0.2, 0) is 9.53 Å². The molecule has 2 fully saturated rings. The third-order valence-electron chi connectivity index (χ3n) is 3.76. The number of carbonyl (C=O) groups excluding carboxylic acids is 1. The van der Waals surface area contributed by atoms with Crippen LogP contribution in [0.2, 0.25) is 0 Å². The van der Waals surface area contributed by atoms with Crippen molar-refractivity contribution in [3.63, 3.8) is 0 Å². The molecule has 1 heterocycles. The van der Waals surface area contributed by atoms with Crippen molar-refractivity contribution in [2.24, 2.45) is 11.7 Å². The highest BCUT2D eigenvalue weighted by atomic mass is 16.5. The van der Waals surface area contributed by atoms with E-state index >= 15 is 0 Å². The van der Waals surface area contributed by atoms with Gasteiger partial charge in [0.15, 0.2) is 0 Å². The quantitative estimate of drug-likeness (QED) is 0.748. The predicted molar refractivity (Wildman–Crippen MR) is 61.9 cm³/mol. The van der Waals surface area contributed by atoms with E-state index in [9.17, 15) is 4.79 Å². The van der Waals surface area contributed by atoms with Crippen molar-refractivity contribution in [3.05, 3.63) is 0 Å². The Bertz CT molecular complexity index is 239. The zero-order chi connectivity index (χ0) is 11.4. The van der Waals surface area contributed by atoms with Gasteiger partial charge >= 0.3 is 0 Å². The highest BCUT2D eigenvalue weighted by Gasteiger charge is 2.29. The molecule has 2 aliphatic rings. The van der Waals surface area contributed by atoms with E-state index in [1.54, 1.807) is 0 Å². The Morgan fingerprint density at radius 2 is 2.06 bits per heavy atom. The second-order valence-corrected chi connectivity index (χ2v) is 4.90. The molecule has 92 valence electrons. The highest BCUT2D eigenvalue weighted by molar-refractivity contribution is 5.81. The summed E-state index contributed by atoms with van der Waals surface area (Å²) in [4.78, 5) is 11.9. The molecule has 1 aliphatic carbocycles. The molecular weight excluding hydrogens is 204 g/mol. The molecule has 0 bridgehead atoms. The van der Waals surface area contributed by atoms with E-state index in [-0.39, 0.29) is 18.1 Å². The monoisotopic (exact) mass is 226 g/mol. The fourth-order valence-corrected chi connectivity index (χ4v) is 2.74. The highest BCUT2D eigenvalue weighted by Crippen LogP contribution is 2.24. The maximum absolute atomic E-state index is 11.9. The van der Waals surface area contributed by atoms with E-state index < -0.39 is 0 Å². The van der Waals surface area contributed by atoms with Crippen LogP contribution in [0, 0.1) is 5.92 Å². The molecule has 0 aromatic heterocycles. The van der Waals surface area contributed by atoms with E-state index in [0.29, 0.717) is 12.5 Å². The number of ether oxygens (including phenoxy) is 1. The first-order valence-electron chi connectivity index (χ1n) is 6.43. The van der Waals surface area contributed by atoms with Crippen LogP contribution in [0.4, 0.5) is 0 Å². The van der Waals surface area contributed by atoms with Gasteiger partial charge in [-0.15, -0.1) is 0 Å². The van der Waals surface area contributed by atoms with Gasteiger partial charge in [-0.1, -0.05) is 12.8 Å². The molecule has 0 radical (unpaired) electrons. The lowest BCUT2D eigenvalue weighted by Crippen LogP contribution is -2.48. The van der Waals surface area contributed by atoms with Gasteiger partial charge in [0.25, 0.3) is 0 Å². The number of hydrogen-bond acceptors (Lipinski definition) is 3. The smallest absolute Gasteiger partial charge is 0.249 e. The molecule has 4 heteroatoms. The Balaban J connectivity index is 1.84. The molecule has 2 unspecified atom stereocenters. The van der Waals surface area contributed by atoms with E-state index in [1.807, 2.05) is 0 Å². The molecule has 1 saturated carbocycles. The average molecular weight is 226 g/mol. The van der Waals surface area contributed by atoms with Crippen molar-refractivity contribution < 1.29 is 9.53 Å². The summed E-state index contributed by atoms with van der Waals surface area (Å²) in [6.07, 6.45) is 6.32. The molecule has 0 aromatic rings. The van der Waals surface area contributed by atoms with Gasteiger partial charge in [0, 0.05) is 12.6 Å². The molecule has 0 spiro atoms. The lowest BCUT2D eigenvalue weighted by atomic mass is 9.84. The molecule has 3 atom stereocenters. The number of hydrogen-bond donors (Lipinski definition) is 2. The van der Waals surface area contributed by atoms with E-state index in [2.05, 4.69) is 5.32 Å². The molecule has 0 aromatic carbocycles. The molecule has 1 saturated heterocycles. The first-order chi connectivity index (χ1) is 7.81. The fourth-order valence-electron chi connectivity index (χ4n) is 2.74. The molecule has 1 amide bonds. The lowest BCUT2D eigenvalue weighted by molar-refractivity contribution is -0.131. The minimum absolute atomic E-state index is 0.0721. The van der Waals surface area contributed by atoms with Crippen molar-refractivity contribution in [2.75, 3.05) is 13.2 Å². The summed E-state index contributed by atoms with van der Waals surface area (Å²) in [5, 5.41) is 3.12. The van der Waals surface area contributed by atoms with Gasteiger partial charge in [-0.05, 0) is 38.1 Å². The van der Waals surface area contributed by atoms with Crippen molar-refractivity contribution >= 4 is 5.91 Å². The summed E-state index contributed by atoms with van der Waals surface area (Å²) < 4.78 is 5.38. The molecule has 4 nitrogen and oxygen atoms in total. The minimum Gasteiger partial charge on any atom is -0.368 e. The topological polar surface area (TPSA) is 64.3 Å². The van der Waals surface area contributed by atoms with E-state index in [0.717, 1.165) is 32.3 Å². The largest absolute Gasteiger partial charge is 0.368 e. The van der Waals surface area contributed by atoms with Crippen LogP contribution in [0.15, 0.2) is 0 Å². The first-order valence-corrected chi connectivity index (χ1v) is 6.43. The van der Waals surface area contributed by atoms with Crippen LogP contribution < -0.4 is 11.1 Å². The Kier molecular flexibility index (Phi) is 4.18. The lowest BCUT2D eigenvalue weighted by Gasteiger charge is -2.31. The van der Waals surface area contributed by atoms with Crippen LogP contribution in [0.25, 0.3) is 0 Å². The van der Waals surface area contributed by atoms with Gasteiger partial charge in [0.2, 0.25) is 5.91 Å². The van der Waals surface area contributed by atoms with E-state index in [1.165, 1.54) is 12.8 Å². The van der Waals surface area contributed by atoms with Crippen LogP contribution >= 0.6 is 0 Å². The number of amides is 1. The Hall–Kier alpha value is -0.610. The second kappa shape index (κ2) is 5.64. The summed E-state index contributed by atoms with van der Waals surface area (Å²) in [5.74, 6) is 0.530. The minimum atomic E-state index is -0.208. The SMILES string of the molecule is NCC1CCCCC1NC(=O)[C@H]1CCCO1. The summed E-state index contributed by atoms with van der Waals surface area (Å²) in [5.41, 5.74) is 5.74. The fraction of sp³-hybridized carbons (Fsp3) is 0.917. The van der Waals surface area contributed by atoms with Gasteiger partial charge in [-0.3, -0.25) is 4.79 Å². The van der Waals surface area contributed by atoms with Gasteiger partial charge < -0.3 is 15.8 Å². The van der Waals surface area contributed by atoms with Crippen LogP contribution in [0.1, 0.15) is 38.5 Å². The Labute approximate surface area is 96.9 Å². The first kappa shape index (κ1) is 11.9. The van der Waals surface area contributed by atoms with Gasteiger partial charge in [-0.25, -0.2) is 0 Å². The normalized spacial score (nSPS) is 34.9. The molecule has 1 aliphatic heterocycles. The second-order valence-electron chi connectivity index (χ2n) is 4.90. The van der Waals surface area contributed by atoms with Crippen LogP contribution in [0.5, 0.6) is 0 Å². The maximum Gasteiger partial charge on any atom is 0.249 e. The standard InChI is InChI=1S/C12H22N2O2/c13-8-9-4-1-2-5-10(9)14-12(15)11-6-3-7-16-11/h9-11H,1-8,13H2,(H,14,15)/t9?,10?,11-/m1/s1.